The molecule has 3 aliphatic heterocycles. The standard InChI is InChI=1S/C37H51N15O22P4/c1-14-6-37(14)25(75(58,59)67-8-17-23(54)24(55)33(71-17)50-11-44-20-28(50)45-35(39)47-30(20)56)18(72-34(37)51-12-43-19-26(38)41-10-42-27(19)51)9-69-77(62,63)74-78(64,65)73-76(60,61)68-7-16-15(4-5-66-3)22(53)32(70-16)52-13-49(2)21-29(52)46-36(40)48-31(21)57/h10-18,22-25,32-34,53-55H,4-9H2,1-3H3,(H11-,38,39,40,41,42,45,46,47,48,56,57,58,59,60,61,62,63,64,65)/p+1/t14-,15-,16-,17-,18?,22-,23-,24-,25-,32-,33-,34-,37?/m1/s1. The van der Waals surface area contributed by atoms with Crippen molar-refractivity contribution in [3.63, 3.8) is 0 Å². The summed E-state index contributed by atoms with van der Waals surface area (Å²) < 4.78 is 108. The first kappa shape index (κ1) is 56.2. The molecule has 6 aromatic rings. The van der Waals surface area contributed by atoms with E-state index in [2.05, 4.69) is 48.5 Å². The van der Waals surface area contributed by atoms with E-state index in [1.54, 1.807) is 6.92 Å². The molecular formula is C37H52N15O22P4+. The van der Waals surface area contributed by atoms with Gasteiger partial charge in [0.1, 0.15) is 42.5 Å². The molecule has 15 N–H and O–H groups in total. The number of nitrogens with zero attached hydrogens (tertiary/aromatic N) is 10. The second kappa shape index (κ2) is 20.5. The third-order valence-electron chi connectivity index (χ3n) is 14.0. The van der Waals surface area contributed by atoms with E-state index in [4.69, 9.17) is 49.7 Å². The first-order valence-corrected chi connectivity index (χ1v) is 29.4. The molecule has 1 aliphatic carbocycles. The molecular weight excluding hydrogens is 1130 g/mol. The molecule has 0 amide bonds. The molecule has 1 spiro atoms. The molecule has 0 aromatic carbocycles. The lowest BCUT2D eigenvalue weighted by molar-refractivity contribution is -0.745. The van der Waals surface area contributed by atoms with Crippen LogP contribution in [0.3, 0.4) is 0 Å². The van der Waals surface area contributed by atoms with E-state index in [0.717, 1.165) is 17.2 Å². The van der Waals surface area contributed by atoms with Crippen molar-refractivity contribution in [3.8, 4) is 0 Å². The maximum atomic E-state index is 14.7. The van der Waals surface area contributed by atoms with Crippen LogP contribution in [0.2, 0.25) is 0 Å². The highest BCUT2D eigenvalue weighted by atomic mass is 31.3. The second-order valence-corrected chi connectivity index (χ2v) is 25.4. The molecule has 9 heterocycles. The van der Waals surface area contributed by atoms with Gasteiger partial charge in [-0.15, -0.1) is 0 Å². The van der Waals surface area contributed by atoms with Gasteiger partial charge >= 0.3 is 36.7 Å². The Hall–Kier alpha value is -5.07. The molecule has 6 aromatic heterocycles. The Balaban J connectivity index is 0.841. The van der Waals surface area contributed by atoms with Crippen molar-refractivity contribution in [1.29, 1.82) is 0 Å². The molecule has 4 aliphatic rings. The molecule has 10 rings (SSSR count). The lowest BCUT2D eigenvalue weighted by atomic mass is 9.95. The predicted molar refractivity (Wildman–Crippen MR) is 257 cm³/mol. The number of imidazole rings is 3. The third-order valence-corrected chi connectivity index (χ3v) is 20.3. The number of aromatic amines is 2. The van der Waals surface area contributed by atoms with Crippen LogP contribution in [0.1, 0.15) is 38.4 Å². The Morgan fingerprint density at radius 1 is 0.769 bits per heavy atom. The fourth-order valence-electron chi connectivity index (χ4n) is 10.5. The van der Waals surface area contributed by atoms with Crippen LogP contribution < -0.4 is 32.9 Å². The van der Waals surface area contributed by atoms with Crippen molar-refractivity contribution in [2.24, 2.45) is 24.3 Å². The van der Waals surface area contributed by atoms with Gasteiger partial charge in [0.15, 0.2) is 35.2 Å². The number of hydrogen-bond donors (Lipinski definition) is 12. The number of rotatable bonds is 20. The topological polar surface area (TPSA) is 533 Å². The number of aliphatic hydroxyl groups excluding tert-OH is 3. The zero-order valence-electron chi connectivity index (χ0n) is 40.7. The summed E-state index contributed by atoms with van der Waals surface area (Å²) in [5.41, 5.74) is 13.0. The fraction of sp³-hybridized carbons (Fsp3) is 0.595. The molecule has 1 saturated carbocycles. The highest BCUT2D eigenvalue weighted by Crippen LogP contribution is 2.76. The summed E-state index contributed by atoms with van der Waals surface area (Å²) >= 11 is 0. The Morgan fingerprint density at radius 2 is 1.40 bits per heavy atom. The monoisotopic (exact) mass is 1180 g/mol. The summed E-state index contributed by atoms with van der Waals surface area (Å²) in [6, 6.07) is 0. The number of H-pyrrole nitrogens is 2. The molecule has 0 bridgehead atoms. The van der Waals surface area contributed by atoms with Crippen LogP contribution in [-0.2, 0) is 66.4 Å². The minimum atomic E-state index is -6.17. The maximum absolute atomic E-state index is 14.7. The summed E-state index contributed by atoms with van der Waals surface area (Å²) in [6.45, 7) is -1.29. The highest BCUT2D eigenvalue weighted by molar-refractivity contribution is 7.66. The van der Waals surface area contributed by atoms with Crippen molar-refractivity contribution < 1.29 is 98.9 Å². The van der Waals surface area contributed by atoms with Crippen molar-refractivity contribution >= 4 is 82.3 Å². The Labute approximate surface area is 435 Å². The van der Waals surface area contributed by atoms with E-state index in [9.17, 15) is 62.7 Å². The second-order valence-electron chi connectivity index (χ2n) is 18.9. The zero-order chi connectivity index (χ0) is 56.2. The first-order valence-electron chi connectivity index (χ1n) is 23.2. The van der Waals surface area contributed by atoms with E-state index in [1.165, 1.54) is 40.5 Å². The first-order chi connectivity index (χ1) is 36.7. The lowest BCUT2D eigenvalue weighted by Gasteiger charge is -2.29. The van der Waals surface area contributed by atoms with Crippen LogP contribution in [0.25, 0.3) is 33.5 Å². The number of aromatic nitrogens is 12. The van der Waals surface area contributed by atoms with Gasteiger partial charge in [-0.1, -0.05) is 11.9 Å². The molecule has 78 heavy (non-hydrogen) atoms. The molecule has 4 fully saturated rings. The number of nitrogens with one attached hydrogen (secondary N) is 2. The largest absolute Gasteiger partial charge is 0.490 e. The Bertz CT molecular complexity index is 3620. The number of phosphoric ester groups is 2. The van der Waals surface area contributed by atoms with Crippen LogP contribution in [0, 0.1) is 17.3 Å². The fourth-order valence-corrected chi connectivity index (χ4v) is 16.2. The van der Waals surface area contributed by atoms with Crippen LogP contribution in [0.4, 0.5) is 17.7 Å². The average Bonchev–Trinajstić information content (AvgIpc) is 4.17. The summed E-state index contributed by atoms with van der Waals surface area (Å²) in [5, 5.41) is 33.5. The molecule has 37 nitrogen and oxygen atoms in total. The van der Waals surface area contributed by atoms with E-state index in [-0.39, 0.29) is 70.7 Å². The summed E-state index contributed by atoms with van der Waals surface area (Å²) in [5.74, 6) is -2.01. The summed E-state index contributed by atoms with van der Waals surface area (Å²) in [7, 11) is -20.2. The van der Waals surface area contributed by atoms with Gasteiger partial charge in [-0.2, -0.15) is 13.6 Å². The molecule has 41 heteroatoms. The quantitative estimate of drug-likeness (QED) is 0.0281. The summed E-state index contributed by atoms with van der Waals surface area (Å²) in [4.78, 5) is 98.3. The van der Waals surface area contributed by atoms with Gasteiger partial charge in [0, 0.05) is 25.0 Å². The van der Waals surface area contributed by atoms with Crippen molar-refractivity contribution in [2.45, 2.75) is 80.7 Å². The number of hydrogen-bond acceptors (Lipinski definition) is 27. The Morgan fingerprint density at radius 3 is 2.08 bits per heavy atom. The summed E-state index contributed by atoms with van der Waals surface area (Å²) in [6.07, 6.45) is -8.56. The SMILES string of the molecule is COCC[C@H]1[C@@H](O)[C@H]([n+]2cn(C)c3c(=O)[nH]c(N)nc32)O[C@@H]1COP(=O)(O)OP(=O)(O)OP(=O)(O)OCC1O[C@@H](n2cnc3c(N)ncnc32)C2(C[C@H]2C)[C@@H]1P(=O)(O)OC[C@H]1O[C@@H](n2cnc3c(=O)[nH]c(N)nc32)[C@H](O)[C@@H]1O. The number of anilines is 3. The smallest absolute Gasteiger partial charge is 0.387 e. The number of nitrogen functional groups attached to an aromatic ring is 3. The number of nitrogens with two attached hydrogens (primary N) is 3. The van der Waals surface area contributed by atoms with Crippen LogP contribution in [0.15, 0.2) is 34.9 Å². The number of aryl methyl sites for hydroxylation is 1. The van der Waals surface area contributed by atoms with Gasteiger partial charge < -0.3 is 75.6 Å². The van der Waals surface area contributed by atoms with Crippen LogP contribution in [-0.4, -0.2) is 164 Å². The number of fused-ring (bicyclic) bond motifs is 3. The van der Waals surface area contributed by atoms with Crippen molar-refractivity contribution in [1.82, 2.24) is 53.6 Å². The number of methoxy groups -OCH3 is 1. The molecule has 0 radical (unpaired) electrons. The maximum Gasteiger partial charge on any atom is 0.490 e. The van der Waals surface area contributed by atoms with Gasteiger partial charge in [0.2, 0.25) is 17.7 Å². The number of aliphatic hydroxyl groups is 3. The molecule has 426 valence electrons. The zero-order valence-corrected chi connectivity index (χ0v) is 44.3. The van der Waals surface area contributed by atoms with Gasteiger partial charge in [-0.25, -0.2) is 38.2 Å². The molecule has 17 atom stereocenters. The van der Waals surface area contributed by atoms with E-state index in [1.807, 2.05) is 0 Å². The molecule has 3 saturated heterocycles. The minimum Gasteiger partial charge on any atom is -0.387 e. The minimum absolute atomic E-state index is 0.00114. The van der Waals surface area contributed by atoms with Gasteiger partial charge in [-0.3, -0.25) is 46.9 Å². The lowest BCUT2D eigenvalue weighted by Crippen LogP contribution is -2.45. The predicted octanol–water partition coefficient (Wildman–Crippen LogP) is -2.34. The van der Waals surface area contributed by atoms with E-state index < -0.39 is 140 Å². The Kier molecular flexibility index (Phi) is 14.8. The van der Waals surface area contributed by atoms with Crippen LogP contribution >= 0.6 is 31.1 Å². The van der Waals surface area contributed by atoms with Gasteiger partial charge in [0.05, 0.1) is 57.4 Å². The van der Waals surface area contributed by atoms with Crippen molar-refractivity contribution in [2.75, 3.05) is 50.7 Å². The van der Waals surface area contributed by atoms with E-state index >= 15 is 0 Å². The number of phosphoric acid groups is 3. The van der Waals surface area contributed by atoms with Gasteiger partial charge in [-0.05, 0) is 18.8 Å². The van der Waals surface area contributed by atoms with Crippen LogP contribution in [0.5, 0.6) is 0 Å². The number of ether oxygens (including phenoxy) is 4. The average molecular weight is 1180 g/mol. The third kappa shape index (κ3) is 10.3. The van der Waals surface area contributed by atoms with E-state index in [0.29, 0.717) is 0 Å². The van der Waals surface area contributed by atoms with Crippen molar-refractivity contribution in [3.05, 3.63) is 46.0 Å². The highest BCUT2D eigenvalue weighted by Gasteiger charge is 2.74. The molecule has 6 unspecified atom stereocenters. The van der Waals surface area contributed by atoms with Gasteiger partial charge in [0.25, 0.3) is 17.1 Å². The normalized spacial score (nSPS) is 32.2.